The lowest BCUT2D eigenvalue weighted by atomic mass is 10.2. The van der Waals surface area contributed by atoms with Gasteiger partial charge in [0.2, 0.25) is 11.8 Å². The van der Waals surface area contributed by atoms with Crippen LogP contribution in [0.25, 0.3) is 22.6 Å². The number of alkyl halides is 3. The first-order valence-corrected chi connectivity index (χ1v) is 8.55. The monoisotopic (exact) mass is 437 g/mol. The lowest BCUT2D eigenvalue weighted by Gasteiger charge is -2.06. The molecule has 0 amide bonds. The van der Waals surface area contributed by atoms with Crippen LogP contribution in [0.4, 0.5) is 13.2 Å². The van der Waals surface area contributed by atoms with Crippen molar-refractivity contribution in [1.29, 1.82) is 0 Å². The zero-order valence-corrected chi connectivity index (χ0v) is 15.4. The fourth-order valence-electron chi connectivity index (χ4n) is 2.55. The normalized spacial score (nSPS) is 11.9. The van der Waals surface area contributed by atoms with Crippen molar-refractivity contribution in [3.05, 3.63) is 58.7 Å². The Balaban J connectivity index is 1.78. The molecule has 0 atom stereocenters. The Bertz CT molecular complexity index is 1120. The summed E-state index contributed by atoms with van der Waals surface area (Å²) >= 11 is 3.35. The number of hydrogen-bond donors (Lipinski definition) is 0. The molecule has 0 bridgehead atoms. The Labute approximate surface area is 159 Å². The van der Waals surface area contributed by atoms with Crippen LogP contribution in [0.5, 0.6) is 11.6 Å². The minimum Gasteiger partial charge on any atom is -0.437 e. The molecule has 2 aromatic carbocycles. The van der Waals surface area contributed by atoms with Gasteiger partial charge in [-0.15, -0.1) is 0 Å². The van der Waals surface area contributed by atoms with Gasteiger partial charge in [0, 0.05) is 23.2 Å². The molecule has 0 fully saturated rings. The number of hydrogen-bond acceptors (Lipinski definition) is 4. The summed E-state index contributed by atoms with van der Waals surface area (Å²) in [4.78, 5) is 4.44. The predicted octanol–water partition coefficient (Wildman–Crippen LogP) is 5.80. The zero-order valence-electron chi connectivity index (χ0n) is 13.8. The molecule has 0 unspecified atom stereocenters. The molecule has 27 heavy (non-hydrogen) atoms. The van der Waals surface area contributed by atoms with Crippen molar-refractivity contribution in [1.82, 2.24) is 14.8 Å². The summed E-state index contributed by atoms with van der Waals surface area (Å²) in [6.07, 6.45) is -4.56. The van der Waals surface area contributed by atoms with E-state index in [2.05, 4.69) is 26.0 Å². The van der Waals surface area contributed by atoms with E-state index in [1.807, 2.05) is 30.3 Å². The Morgan fingerprint density at radius 1 is 1.11 bits per heavy atom. The predicted molar refractivity (Wildman–Crippen MR) is 95.4 cm³/mol. The van der Waals surface area contributed by atoms with Crippen molar-refractivity contribution in [3.63, 3.8) is 0 Å². The van der Waals surface area contributed by atoms with Gasteiger partial charge in [0.15, 0.2) is 22.5 Å². The first-order valence-electron chi connectivity index (χ1n) is 7.76. The lowest BCUT2D eigenvalue weighted by molar-refractivity contribution is -0.141. The van der Waals surface area contributed by atoms with E-state index in [0.29, 0.717) is 21.5 Å². The van der Waals surface area contributed by atoms with Crippen LogP contribution < -0.4 is 4.74 Å². The van der Waals surface area contributed by atoms with Crippen molar-refractivity contribution in [2.75, 3.05) is 0 Å². The van der Waals surface area contributed by atoms with Crippen molar-refractivity contribution in [2.24, 2.45) is 7.05 Å². The molecular formula is C18H11BrF3N3O2. The summed E-state index contributed by atoms with van der Waals surface area (Å²) in [7, 11) is 1.37. The standard InChI is InChI=1S/C18H11BrF3N3O2/c1-25-15(9-14(24-25)18(20,21)22)26-12-7-11(19)8-13-16(12)23-17(27-13)10-5-3-2-4-6-10/h2-9H,1H3. The second kappa shape index (κ2) is 6.41. The molecule has 0 N–H and O–H groups in total. The van der Waals surface area contributed by atoms with E-state index in [-0.39, 0.29) is 11.6 Å². The average Bonchev–Trinajstić information content (AvgIpc) is 3.19. The number of oxazole rings is 1. The molecule has 0 saturated heterocycles. The zero-order chi connectivity index (χ0) is 19.2. The molecule has 138 valence electrons. The number of benzene rings is 2. The first-order chi connectivity index (χ1) is 12.8. The van der Waals surface area contributed by atoms with Gasteiger partial charge in [-0.3, -0.25) is 0 Å². The van der Waals surface area contributed by atoms with Gasteiger partial charge in [-0.05, 0) is 24.3 Å². The van der Waals surface area contributed by atoms with E-state index in [1.54, 1.807) is 12.1 Å². The van der Waals surface area contributed by atoms with Gasteiger partial charge in [-0.25, -0.2) is 9.67 Å². The maximum absolute atomic E-state index is 12.9. The smallest absolute Gasteiger partial charge is 0.435 e. The third-order valence-corrected chi connectivity index (χ3v) is 4.25. The molecular weight excluding hydrogens is 427 g/mol. The molecule has 2 aromatic heterocycles. The lowest BCUT2D eigenvalue weighted by Crippen LogP contribution is -2.06. The summed E-state index contributed by atoms with van der Waals surface area (Å²) in [6.45, 7) is 0. The van der Waals surface area contributed by atoms with Gasteiger partial charge < -0.3 is 9.15 Å². The van der Waals surface area contributed by atoms with Gasteiger partial charge in [0.05, 0.1) is 0 Å². The Morgan fingerprint density at radius 2 is 1.85 bits per heavy atom. The van der Waals surface area contributed by atoms with Crippen molar-refractivity contribution in [3.8, 4) is 23.1 Å². The van der Waals surface area contributed by atoms with Crippen LogP contribution in [0.15, 0.2) is 57.4 Å². The number of nitrogens with zero attached hydrogens (tertiary/aromatic N) is 3. The molecule has 0 spiro atoms. The molecule has 0 saturated carbocycles. The van der Waals surface area contributed by atoms with E-state index in [0.717, 1.165) is 16.3 Å². The summed E-state index contributed by atoms with van der Waals surface area (Å²) in [5.41, 5.74) is 0.579. The molecule has 0 aliphatic carbocycles. The van der Waals surface area contributed by atoms with Gasteiger partial charge in [-0.1, -0.05) is 34.1 Å². The number of aromatic nitrogens is 3. The van der Waals surface area contributed by atoms with Gasteiger partial charge >= 0.3 is 6.18 Å². The molecule has 0 aliphatic heterocycles. The van der Waals surface area contributed by atoms with Crippen molar-refractivity contribution < 1.29 is 22.3 Å². The highest BCUT2D eigenvalue weighted by Crippen LogP contribution is 2.37. The second-order valence-electron chi connectivity index (χ2n) is 5.73. The number of aryl methyl sites for hydroxylation is 1. The fraction of sp³-hybridized carbons (Fsp3) is 0.111. The summed E-state index contributed by atoms with van der Waals surface area (Å²) in [5, 5.41) is 3.44. The Morgan fingerprint density at radius 3 is 2.52 bits per heavy atom. The highest BCUT2D eigenvalue weighted by atomic mass is 79.9. The largest absolute Gasteiger partial charge is 0.437 e. The number of rotatable bonds is 3. The highest BCUT2D eigenvalue weighted by Gasteiger charge is 2.35. The van der Waals surface area contributed by atoms with Crippen LogP contribution in [0.3, 0.4) is 0 Å². The van der Waals surface area contributed by atoms with Crippen LogP contribution >= 0.6 is 15.9 Å². The maximum atomic E-state index is 12.9. The Hall–Kier alpha value is -2.81. The van der Waals surface area contributed by atoms with Gasteiger partial charge in [-0.2, -0.15) is 18.3 Å². The number of ether oxygens (including phenoxy) is 1. The first kappa shape index (κ1) is 17.6. The van der Waals surface area contributed by atoms with Crippen LogP contribution in [-0.4, -0.2) is 14.8 Å². The number of halogens is 4. The molecule has 2 heterocycles. The number of fused-ring (bicyclic) bond motifs is 1. The van der Waals surface area contributed by atoms with Gasteiger partial charge in [0.1, 0.15) is 0 Å². The minimum atomic E-state index is -4.56. The van der Waals surface area contributed by atoms with E-state index >= 15 is 0 Å². The van der Waals surface area contributed by atoms with Crippen molar-refractivity contribution in [2.45, 2.75) is 6.18 Å². The molecule has 5 nitrogen and oxygen atoms in total. The second-order valence-corrected chi connectivity index (χ2v) is 6.64. The third-order valence-electron chi connectivity index (χ3n) is 3.79. The van der Waals surface area contributed by atoms with Crippen LogP contribution in [0.1, 0.15) is 5.69 Å². The molecule has 9 heteroatoms. The maximum Gasteiger partial charge on any atom is 0.435 e. The molecule has 4 aromatic rings. The molecule has 0 aliphatic rings. The SMILES string of the molecule is Cn1nc(C(F)(F)F)cc1Oc1cc(Br)cc2oc(-c3ccccc3)nc12. The molecule has 4 rings (SSSR count). The topological polar surface area (TPSA) is 53.1 Å². The quantitative estimate of drug-likeness (QED) is 0.406. The van der Waals surface area contributed by atoms with Crippen LogP contribution in [-0.2, 0) is 13.2 Å². The van der Waals surface area contributed by atoms with E-state index < -0.39 is 11.9 Å². The Kier molecular flexibility index (Phi) is 4.18. The van der Waals surface area contributed by atoms with E-state index in [4.69, 9.17) is 9.15 Å². The van der Waals surface area contributed by atoms with E-state index in [9.17, 15) is 13.2 Å². The van der Waals surface area contributed by atoms with Crippen LogP contribution in [0.2, 0.25) is 0 Å². The molecule has 0 radical (unpaired) electrons. The summed E-state index contributed by atoms with van der Waals surface area (Å²) in [5.74, 6) is 0.572. The summed E-state index contributed by atoms with van der Waals surface area (Å²) in [6, 6.07) is 13.4. The van der Waals surface area contributed by atoms with Gasteiger partial charge in [0.25, 0.3) is 0 Å². The van der Waals surface area contributed by atoms with Crippen LogP contribution in [0, 0.1) is 0 Å². The van der Waals surface area contributed by atoms with Crippen molar-refractivity contribution >= 4 is 27.0 Å². The fourth-order valence-corrected chi connectivity index (χ4v) is 2.96. The summed E-state index contributed by atoms with van der Waals surface area (Å²) < 4.78 is 51.7. The average molecular weight is 438 g/mol. The third kappa shape index (κ3) is 3.42. The minimum absolute atomic E-state index is 0.0639. The highest BCUT2D eigenvalue weighted by molar-refractivity contribution is 9.10. The van der Waals surface area contributed by atoms with E-state index in [1.165, 1.54) is 7.05 Å².